The molecule has 1 aromatic carbocycles. The highest BCUT2D eigenvalue weighted by atomic mass is 35.5. The summed E-state index contributed by atoms with van der Waals surface area (Å²) in [6.45, 7) is 1.52. The van der Waals surface area contributed by atoms with E-state index >= 15 is 0 Å². The van der Waals surface area contributed by atoms with Crippen molar-refractivity contribution < 1.29 is 9.84 Å². The maximum Gasteiger partial charge on any atom is 0.281 e. The van der Waals surface area contributed by atoms with Crippen LogP contribution in [0.5, 0.6) is 11.6 Å². The smallest absolute Gasteiger partial charge is 0.281 e. The van der Waals surface area contributed by atoms with Gasteiger partial charge in [0.1, 0.15) is 17.4 Å². The van der Waals surface area contributed by atoms with Crippen LogP contribution >= 0.6 is 11.6 Å². The number of ether oxygens (including phenoxy) is 1. The first-order chi connectivity index (χ1) is 10.9. The van der Waals surface area contributed by atoms with Crippen molar-refractivity contribution in [2.24, 2.45) is 17.3 Å². The van der Waals surface area contributed by atoms with Crippen LogP contribution in [0.4, 0.5) is 11.4 Å². The number of hydrogen-bond donors (Lipinski definition) is 1. The topological polar surface area (TPSA) is 100.0 Å². The minimum Gasteiger partial charge on any atom is -0.495 e. The molecule has 1 heterocycles. The normalized spacial score (nSPS) is 10.7. The molecule has 0 amide bonds. The fraction of sp³-hybridized carbons (Fsp3) is 0.200. The van der Waals surface area contributed by atoms with Gasteiger partial charge in [-0.15, -0.1) is 5.11 Å². The second-order valence-corrected chi connectivity index (χ2v) is 5.07. The fourth-order valence-corrected chi connectivity index (χ4v) is 2.20. The van der Waals surface area contributed by atoms with Crippen molar-refractivity contribution >= 4 is 23.0 Å². The predicted molar refractivity (Wildman–Crippen MR) is 85.0 cm³/mol. The minimum absolute atomic E-state index is 0.0196. The standard InChI is InChI=1S/C15H13ClN4O3/c1-8-10(7-17)14(21)20(2)15(22)13(8)19-18-9-4-5-12(23-3)11(16)6-9/h4-6,21H,1-3H3. The van der Waals surface area contributed by atoms with Gasteiger partial charge in [0, 0.05) is 12.6 Å². The van der Waals surface area contributed by atoms with E-state index in [4.69, 9.17) is 21.6 Å². The number of azo groups is 1. The second kappa shape index (κ2) is 6.50. The molecule has 0 unspecified atom stereocenters. The molecule has 0 aliphatic rings. The summed E-state index contributed by atoms with van der Waals surface area (Å²) in [6.07, 6.45) is 0. The second-order valence-electron chi connectivity index (χ2n) is 4.67. The number of nitriles is 1. The average Bonchev–Trinajstić information content (AvgIpc) is 2.53. The molecule has 0 fully saturated rings. The van der Waals surface area contributed by atoms with E-state index in [0.717, 1.165) is 4.57 Å². The largest absolute Gasteiger partial charge is 0.495 e. The lowest BCUT2D eigenvalue weighted by atomic mass is 10.1. The lowest BCUT2D eigenvalue weighted by Crippen LogP contribution is -2.18. The van der Waals surface area contributed by atoms with Gasteiger partial charge in [-0.05, 0) is 25.1 Å². The van der Waals surface area contributed by atoms with Crippen LogP contribution in [0.1, 0.15) is 11.1 Å². The van der Waals surface area contributed by atoms with E-state index in [-0.39, 0.29) is 16.8 Å². The zero-order valence-corrected chi connectivity index (χ0v) is 13.4. The number of pyridine rings is 1. The Labute approximate surface area is 137 Å². The highest BCUT2D eigenvalue weighted by Gasteiger charge is 2.16. The molecule has 0 saturated heterocycles. The SMILES string of the molecule is COc1ccc(N=Nc2c(C)c(C#N)c(O)n(C)c2=O)cc1Cl. The van der Waals surface area contributed by atoms with Gasteiger partial charge >= 0.3 is 0 Å². The first kappa shape index (κ1) is 16.5. The van der Waals surface area contributed by atoms with Crippen molar-refractivity contribution in [1.29, 1.82) is 5.26 Å². The van der Waals surface area contributed by atoms with Gasteiger partial charge in [0.25, 0.3) is 5.56 Å². The number of benzene rings is 1. The van der Waals surface area contributed by atoms with Crippen molar-refractivity contribution in [2.75, 3.05) is 7.11 Å². The molecule has 0 atom stereocenters. The minimum atomic E-state index is -0.553. The van der Waals surface area contributed by atoms with E-state index < -0.39 is 11.4 Å². The van der Waals surface area contributed by atoms with Gasteiger partial charge in [0.2, 0.25) is 5.88 Å². The third-order valence-corrected chi connectivity index (χ3v) is 3.59. The average molecular weight is 333 g/mol. The molecule has 1 N–H and O–H groups in total. The Morgan fingerprint density at radius 2 is 2.09 bits per heavy atom. The quantitative estimate of drug-likeness (QED) is 0.871. The molecule has 0 spiro atoms. The predicted octanol–water partition coefficient (Wildman–Crippen LogP) is 3.35. The van der Waals surface area contributed by atoms with Crippen LogP contribution in [0.3, 0.4) is 0 Å². The summed E-state index contributed by atoms with van der Waals surface area (Å²) in [6, 6.07) is 6.63. The zero-order chi connectivity index (χ0) is 17.1. The monoisotopic (exact) mass is 332 g/mol. The molecule has 0 saturated carbocycles. The molecule has 0 aliphatic carbocycles. The summed E-state index contributed by atoms with van der Waals surface area (Å²) >= 11 is 6.00. The molecule has 7 nitrogen and oxygen atoms in total. The molecule has 23 heavy (non-hydrogen) atoms. The van der Waals surface area contributed by atoms with E-state index in [1.807, 2.05) is 6.07 Å². The van der Waals surface area contributed by atoms with Gasteiger partial charge in [0.05, 0.1) is 17.8 Å². The van der Waals surface area contributed by atoms with E-state index in [2.05, 4.69) is 10.2 Å². The lowest BCUT2D eigenvalue weighted by molar-refractivity contribution is 0.415. The first-order valence-corrected chi connectivity index (χ1v) is 6.86. The summed E-state index contributed by atoms with van der Waals surface area (Å²) in [7, 11) is 2.84. The Morgan fingerprint density at radius 1 is 1.39 bits per heavy atom. The molecule has 1 aromatic heterocycles. The maximum atomic E-state index is 12.2. The van der Waals surface area contributed by atoms with Crippen LogP contribution in [0.15, 0.2) is 33.2 Å². The third kappa shape index (κ3) is 3.03. The molecule has 8 heteroatoms. The van der Waals surface area contributed by atoms with Gasteiger partial charge < -0.3 is 9.84 Å². The number of rotatable bonds is 3. The maximum absolute atomic E-state index is 12.2. The third-order valence-electron chi connectivity index (χ3n) is 3.29. The molecule has 0 radical (unpaired) electrons. The highest BCUT2D eigenvalue weighted by Crippen LogP contribution is 2.30. The van der Waals surface area contributed by atoms with Crippen LogP contribution in [0.25, 0.3) is 0 Å². The van der Waals surface area contributed by atoms with Gasteiger partial charge in [0.15, 0.2) is 5.69 Å². The zero-order valence-electron chi connectivity index (χ0n) is 12.7. The Kier molecular flexibility index (Phi) is 4.67. The Balaban J connectivity index is 2.53. The van der Waals surface area contributed by atoms with Gasteiger partial charge in [-0.2, -0.15) is 10.4 Å². The van der Waals surface area contributed by atoms with Crippen molar-refractivity contribution in [1.82, 2.24) is 4.57 Å². The van der Waals surface area contributed by atoms with E-state index in [1.54, 1.807) is 12.1 Å². The van der Waals surface area contributed by atoms with Gasteiger partial charge in [-0.25, -0.2) is 0 Å². The van der Waals surface area contributed by atoms with E-state index in [1.165, 1.54) is 27.1 Å². The van der Waals surface area contributed by atoms with Crippen LogP contribution < -0.4 is 10.3 Å². The molecule has 0 aliphatic heterocycles. The van der Waals surface area contributed by atoms with Crippen LogP contribution in [0.2, 0.25) is 5.02 Å². The Bertz CT molecular complexity index is 897. The summed E-state index contributed by atoms with van der Waals surface area (Å²) in [5.41, 5.74) is 0.0882. The Hall–Kier alpha value is -2.85. The van der Waals surface area contributed by atoms with E-state index in [0.29, 0.717) is 16.5 Å². The van der Waals surface area contributed by atoms with Gasteiger partial charge in [-0.3, -0.25) is 9.36 Å². The summed E-state index contributed by atoms with van der Waals surface area (Å²) in [5, 5.41) is 27.1. The molecule has 0 bridgehead atoms. The molecule has 118 valence electrons. The first-order valence-electron chi connectivity index (χ1n) is 6.48. The summed E-state index contributed by atoms with van der Waals surface area (Å²) < 4.78 is 5.98. The fourth-order valence-electron chi connectivity index (χ4n) is 1.95. The highest BCUT2D eigenvalue weighted by molar-refractivity contribution is 6.32. The number of nitrogens with zero attached hydrogens (tertiary/aromatic N) is 4. The number of halogens is 1. The van der Waals surface area contributed by atoms with Crippen molar-refractivity contribution in [3.63, 3.8) is 0 Å². The Morgan fingerprint density at radius 3 is 2.65 bits per heavy atom. The number of aromatic nitrogens is 1. The van der Waals surface area contributed by atoms with E-state index in [9.17, 15) is 9.90 Å². The van der Waals surface area contributed by atoms with Crippen LogP contribution in [-0.4, -0.2) is 16.8 Å². The van der Waals surface area contributed by atoms with Crippen LogP contribution in [-0.2, 0) is 7.05 Å². The molecular formula is C15H13ClN4O3. The molecule has 2 rings (SSSR count). The molecular weight excluding hydrogens is 320 g/mol. The molecule has 2 aromatic rings. The number of aromatic hydroxyl groups is 1. The van der Waals surface area contributed by atoms with Crippen molar-refractivity contribution in [3.05, 3.63) is 44.7 Å². The van der Waals surface area contributed by atoms with Crippen molar-refractivity contribution in [3.8, 4) is 17.7 Å². The number of methoxy groups -OCH3 is 1. The van der Waals surface area contributed by atoms with Crippen LogP contribution in [0, 0.1) is 18.3 Å². The lowest BCUT2D eigenvalue weighted by Gasteiger charge is -2.08. The van der Waals surface area contributed by atoms with Crippen molar-refractivity contribution in [2.45, 2.75) is 6.92 Å². The number of hydrogen-bond acceptors (Lipinski definition) is 6. The van der Waals surface area contributed by atoms with Gasteiger partial charge in [-0.1, -0.05) is 11.6 Å². The summed E-state index contributed by atoms with van der Waals surface area (Å²) in [5.74, 6) is 0.0931. The summed E-state index contributed by atoms with van der Waals surface area (Å²) in [4.78, 5) is 12.2.